The van der Waals surface area contributed by atoms with Crippen LogP contribution in [0.25, 0.3) is 0 Å². The lowest BCUT2D eigenvalue weighted by Gasteiger charge is -2.07. The first kappa shape index (κ1) is 10.8. The first-order valence-corrected chi connectivity index (χ1v) is 5.91. The van der Waals surface area contributed by atoms with E-state index in [0.29, 0.717) is 12.5 Å². The van der Waals surface area contributed by atoms with E-state index in [0.717, 1.165) is 15.3 Å². The number of hydrogen-bond acceptors (Lipinski definition) is 4. The molecule has 13 heavy (non-hydrogen) atoms. The van der Waals surface area contributed by atoms with Gasteiger partial charge in [-0.1, -0.05) is 11.8 Å². The maximum absolute atomic E-state index is 5.35. The second-order valence-corrected chi connectivity index (χ2v) is 3.91. The van der Waals surface area contributed by atoms with Crippen LogP contribution < -0.4 is 4.74 Å². The molecule has 0 aromatic carbocycles. The average molecular weight is 263 g/mol. The van der Waals surface area contributed by atoms with Gasteiger partial charge in [0.1, 0.15) is 4.47 Å². The third-order valence-electron chi connectivity index (χ3n) is 1.43. The molecule has 0 aliphatic carbocycles. The molecule has 0 amide bonds. The summed E-state index contributed by atoms with van der Waals surface area (Å²) in [7, 11) is 0. The minimum atomic E-state index is 0.614. The summed E-state index contributed by atoms with van der Waals surface area (Å²) >= 11 is 4.89. The standard InChI is InChI=1S/C8H11BrN2OS/c1-4-12-7-6(9)5(2)10-8(11-7)13-3/h4H2,1-3H3. The Kier molecular flexibility index (Phi) is 3.99. The van der Waals surface area contributed by atoms with Gasteiger partial charge in [0.15, 0.2) is 5.16 Å². The van der Waals surface area contributed by atoms with Crippen molar-refractivity contribution in [3.05, 3.63) is 10.2 Å². The molecule has 0 bridgehead atoms. The lowest BCUT2D eigenvalue weighted by molar-refractivity contribution is 0.320. The second kappa shape index (κ2) is 4.81. The molecule has 0 atom stereocenters. The number of aromatic nitrogens is 2. The summed E-state index contributed by atoms with van der Waals surface area (Å²) in [5.74, 6) is 0.624. The highest BCUT2D eigenvalue weighted by atomic mass is 79.9. The summed E-state index contributed by atoms with van der Waals surface area (Å²) in [6.07, 6.45) is 1.94. The van der Waals surface area contributed by atoms with Gasteiger partial charge in [0.25, 0.3) is 0 Å². The maximum Gasteiger partial charge on any atom is 0.232 e. The van der Waals surface area contributed by atoms with E-state index >= 15 is 0 Å². The van der Waals surface area contributed by atoms with E-state index in [1.165, 1.54) is 11.8 Å². The van der Waals surface area contributed by atoms with Gasteiger partial charge in [-0.25, -0.2) is 4.98 Å². The molecule has 0 fully saturated rings. The average Bonchev–Trinajstić information content (AvgIpc) is 2.13. The van der Waals surface area contributed by atoms with Crippen LogP contribution in [0.4, 0.5) is 0 Å². The van der Waals surface area contributed by atoms with E-state index < -0.39 is 0 Å². The summed E-state index contributed by atoms with van der Waals surface area (Å²) in [6, 6.07) is 0. The molecule has 0 N–H and O–H groups in total. The van der Waals surface area contributed by atoms with Gasteiger partial charge < -0.3 is 4.74 Å². The Hall–Kier alpha value is -0.290. The monoisotopic (exact) mass is 262 g/mol. The van der Waals surface area contributed by atoms with Crippen LogP contribution in [0.5, 0.6) is 5.88 Å². The Morgan fingerprint density at radius 1 is 1.46 bits per heavy atom. The molecule has 72 valence electrons. The predicted octanol–water partition coefficient (Wildman–Crippen LogP) is 2.67. The van der Waals surface area contributed by atoms with Crippen molar-refractivity contribution < 1.29 is 4.74 Å². The number of hydrogen-bond donors (Lipinski definition) is 0. The van der Waals surface area contributed by atoms with Crippen LogP contribution in [0.3, 0.4) is 0 Å². The third-order valence-corrected chi connectivity index (χ3v) is 2.89. The van der Waals surface area contributed by atoms with Crippen LogP contribution in [-0.2, 0) is 0 Å². The second-order valence-electron chi connectivity index (χ2n) is 2.35. The van der Waals surface area contributed by atoms with Crippen LogP contribution in [-0.4, -0.2) is 22.8 Å². The zero-order chi connectivity index (χ0) is 9.84. The molecule has 3 nitrogen and oxygen atoms in total. The van der Waals surface area contributed by atoms with Crippen LogP contribution in [0.15, 0.2) is 9.63 Å². The summed E-state index contributed by atoms with van der Waals surface area (Å²) in [5, 5.41) is 0.740. The van der Waals surface area contributed by atoms with E-state index in [4.69, 9.17) is 4.74 Å². The SMILES string of the molecule is CCOc1nc(SC)nc(C)c1Br. The molecule has 0 radical (unpaired) electrons. The Labute approximate surface area is 90.4 Å². The zero-order valence-corrected chi connectivity index (χ0v) is 10.2. The minimum absolute atomic E-state index is 0.614. The quantitative estimate of drug-likeness (QED) is 0.620. The first-order valence-electron chi connectivity index (χ1n) is 3.90. The maximum atomic E-state index is 5.35. The van der Waals surface area contributed by atoms with E-state index in [9.17, 15) is 0 Å². The molecular formula is C8H11BrN2OS. The normalized spacial score (nSPS) is 10.2. The lowest BCUT2D eigenvalue weighted by atomic mass is 10.4. The Bertz CT molecular complexity index is 306. The van der Waals surface area contributed by atoms with E-state index in [1.807, 2.05) is 20.1 Å². The van der Waals surface area contributed by atoms with Gasteiger partial charge in [0.05, 0.1) is 12.3 Å². The van der Waals surface area contributed by atoms with Crippen LogP contribution >= 0.6 is 27.7 Å². The molecular weight excluding hydrogens is 252 g/mol. The molecule has 1 rings (SSSR count). The Morgan fingerprint density at radius 2 is 2.15 bits per heavy atom. The van der Waals surface area contributed by atoms with Crippen molar-refractivity contribution in [3.8, 4) is 5.88 Å². The number of aryl methyl sites for hydroxylation is 1. The van der Waals surface area contributed by atoms with Gasteiger partial charge in [-0.05, 0) is 36.0 Å². The number of halogens is 1. The molecule has 5 heteroatoms. The molecule has 0 aliphatic rings. The van der Waals surface area contributed by atoms with Crippen LogP contribution in [0.1, 0.15) is 12.6 Å². The summed E-state index contributed by atoms with van der Waals surface area (Å²) in [6.45, 7) is 4.47. The highest BCUT2D eigenvalue weighted by Gasteiger charge is 2.09. The van der Waals surface area contributed by atoms with Crippen molar-refractivity contribution in [1.29, 1.82) is 0 Å². The summed E-state index contributed by atoms with van der Waals surface area (Å²) in [4.78, 5) is 8.48. The van der Waals surface area contributed by atoms with Gasteiger partial charge in [-0.2, -0.15) is 4.98 Å². The molecule has 1 aromatic heterocycles. The number of thioether (sulfide) groups is 1. The number of nitrogens with zero attached hydrogens (tertiary/aromatic N) is 2. The fraction of sp³-hybridized carbons (Fsp3) is 0.500. The summed E-state index contributed by atoms with van der Waals surface area (Å²) < 4.78 is 6.19. The van der Waals surface area contributed by atoms with Gasteiger partial charge in [-0.15, -0.1) is 0 Å². The van der Waals surface area contributed by atoms with Crippen LogP contribution in [0.2, 0.25) is 0 Å². The molecule has 1 aromatic rings. The van der Waals surface area contributed by atoms with E-state index in [1.54, 1.807) is 0 Å². The predicted molar refractivity (Wildman–Crippen MR) is 57.4 cm³/mol. The molecule has 0 saturated carbocycles. The van der Waals surface area contributed by atoms with Crippen molar-refractivity contribution in [3.63, 3.8) is 0 Å². The zero-order valence-electron chi connectivity index (χ0n) is 7.80. The van der Waals surface area contributed by atoms with Gasteiger partial charge in [0, 0.05) is 0 Å². The fourth-order valence-corrected chi connectivity index (χ4v) is 1.53. The largest absolute Gasteiger partial charge is 0.477 e. The fourth-order valence-electron chi connectivity index (χ4n) is 0.832. The van der Waals surface area contributed by atoms with Crippen molar-refractivity contribution in [2.45, 2.75) is 19.0 Å². The third kappa shape index (κ3) is 2.57. The summed E-state index contributed by atoms with van der Waals surface area (Å²) in [5.41, 5.74) is 0.905. The highest BCUT2D eigenvalue weighted by Crippen LogP contribution is 2.27. The van der Waals surface area contributed by atoms with Gasteiger partial charge in [0.2, 0.25) is 5.88 Å². The highest BCUT2D eigenvalue weighted by molar-refractivity contribution is 9.10. The Balaban J connectivity index is 3.09. The number of ether oxygens (including phenoxy) is 1. The first-order chi connectivity index (χ1) is 6.19. The molecule has 0 unspecified atom stereocenters. The van der Waals surface area contributed by atoms with E-state index in [2.05, 4.69) is 25.9 Å². The van der Waals surface area contributed by atoms with Crippen molar-refractivity contribution in [2.75, 3.05) is 12.9 Å². The molecule has 1 heterocycles. The Morgan fingerprint density at radius 3 is 2.69 bits per heavy atom. The topological polar surface area (TPSA) is 35.0 Å². The van der Waals surface area contributed by atoms with Crippen molar-refractivity contribution in [1.82, 2.24) is 9.97 Å². The lowest BCUT2D eigenvalue weighted by Crippen LogP contribution is -2.00. The molecule has 0 saturated heterocycles. The van der Waals surface area contributed by atoms with Crippen LogP contribution in [0, 0.1) is 6.92 Å². The van der Waals surface area contributed by atoms with Gasteiger partial charge in [-0.3, -0.25) is 0 Å². The van der Waals surface area contributed by atoms with Crippen molar-refractivity contribution >= 4 is 27.7 Å². The molecule has 0 spiro atoms. The minimum Gasteiger partial charge on any atom is -0.477 e. The van der Waals surface area contributed by atoms with E-state index in [-0.39, 0.29) is 0 Å². The molecule has 0 aliphatic heterocycles. The number of rotatable bonds is 3. The van der Waals surface area contributed by atoms with Gasteiger partial charge >= 0.3 is 0 Å². The van der Waals surface area contributed by atoms with Crippen molar-refractivity contribution in [2.24, 2.45) is 0 Å². The smallest absolute Gasteiger partial charge is 0.232 e.